The molecule has 18 heavy (non-hydrogen) atoms. The van der Waals surface area contributed by atoms with Gasteiger partial charge in [0, 0.05) is 12.2 Å². The number of hydrogen-bond donors (Lipinski definition) is 1. The Labute approximate surface area is 105 Å². The molecule has 92 valence electrons. The molecule has 0 aliphatic rings. The molecule has 0 fully saturated rings. The van der Waals surface area contributed by atoms with Gasteiger partial charge in [-0.1, -0.05) is 0 Å². The van der Waals surface area contributed by atoms with Crippen molar-refractivity contribution in [2.75, 3.05) is 5.32 Å². The van der Waals surface area contributed by atoms with Crippen LogP contribution in [0.5, 0.6) is 0 Å². The summed E-state index contributed by atoms with van der Waals surface area (Å²) in [7, 11) is 0. The molecule has 0 bridgehead atoms. The maximum atomic E-state index is 8.83. The zero-order chi connectivity index (χ0) is 13.0. The van der Waals surface area contributed by atoms with Crippen LogP contribution in [-0.2, 0) is 13.1 Å². The molecule has 0 aliphatic heterocycles. The van der Waals surface area contributed by atoms with Crippen molar-refractivity contribution in [3.63, 3.8) is 0 Å². The van der Waals surface area contributed by atoms with Crippen LogP contribution >= 0.6 is 0 Å². The zero-order valence-electron chi connectivity index (χ0n) is 10.3. The number of nitrogens with zero attached hydrogens (tertiary/aromatic N) is 6. The molecule has 0 spiro atoms. The second-order valence-corrected chi connectivity index (χ2v) is 3.72. The molecule has 2 aromatic heterocycles. The number of anilines is 1. The van der Waals surface area contributed by atoms with Gasteiger partial charge < -0.3 is 9.88 Å². The summed E-state index contributed by atoms with van der Waals surface area (Å²) in [5.74, 6) is 1.23. The molecule has 0 saturated heterocycles. The highest BCUT2D eigenvalue weighted by Crippen LogP contribution is 2.05. The molecule has 0 aliphatic carbocycles. The Kier molecular flexibility index (Phi) is 3.48. The average molecular weight is 243 g/mol. The SMILES string of the molecule is CCn1cnnc1CNc1nc(C)cc(C#N)n1. The quantitative estimate of drug-likeness (QED) is 0.856. The Balaban J connectivity index is 2.11. The van der Waals surface area contributed by atoms with E-state index in [4.69, 9.17) is 5.26 Å². The van der Waals surface area contributed by atoms with E-state index in [1.807, 2.05) is 24.5 Å². The molecule has 0 radical (unpaired) electrons. The minimum Gasteiger partial charge on any atom is -0.347 e. The lowest BCUT2D eigenvalue weighted by Gasteiger charge is -2.06. The molecule has 0 atom stereocenters. The average Bonchev–Trinajstić information content (AvgIpc) is 2.83. The second kappa shape index (κ2) is 5.23. The number of aryl methyl sites for hydroxylation is 2. The minimum absolute atomic E-state index is 0.349. The van der Waals surface area contributed by atoms with Crippen LogP contribution in [0, 0.1) is 18.3 Å². The Bertz CT molecular complexity index is 581. The van der Waals surface area contributed by atoms with Crippen LogP contribution in [0.15, 0.2) is 12.4 Å². The number of nitrogens with one attached hydrogen (secondary N) is 1. The minimum atomic E-state index is 0.349. The van der Waals surface area contributed by atoms with Crippen LogP contribution in [-0.4, -0.2) is 24.7 Å². The fourth-order valence-electron chi connectivity index (χ4n) is 1.54. The van der Waals surface area contributed by atoms with Gasteiger partial charge in [0.1, 0.15) is 18.1 Å². The first kappa shape index (κ1) is 12.0. The van der Waals surface area contributed by atoms with E-state index >= 15 is 0 Å². The zero-order valence-corrected chi connectivity index (χ0v) is 10.3. The van der Waals surface area contributed by atoms with Crippen molar-refractivity contribution in [1.82, 2.24) is 24.7 Å². The third kappa shape index (κ3) is 2.60. The molecular formula is C11H13N7. The summed E-state index contributed by atoms with van der Waals surface area (Å²) in [5, 5.41) is 19.7. The molecule has 0 aromatic carbocycles. The summed E-state index contributed by atoms with van der Waals surface area (Å²) in [5.41, 5.74) is 1.10. The van der Waals surface area contributed by atoms with Gasteiger partial charge in [0.15, 0.2) is 5.82 Å². The van der Waals surface area contributed by atoms with Crippen LogP contribution in [0.25, 0.3) is 0 Å². The van der Waals surface area contributed by atoms with E-state index in [0.29, 0.717) is 18.2 Å². The van der Waals surface area contributed by atoms with Gasteiger partial charge in [-0.25, -0.2) is 9.97 Å². The van der Waals surface area contributed by atoms with Gasteiger partial charge in [0.2, 0.25) is 5.95 Å². The van der Waals surface area contributed by atoms with E-state index in [0.717, 1.165) is 18.1 Å². The van der Waals surface area contributed by atoms with Crippen LogP contribution in [0.2, 0.25) is 0 Å². The van der Waals surface area contributed by atoms with E-state index in [1.54, 1.807) is 12.4 Å². The van der Waals surface area contributed by atoms with Gasteiger partial charge in [-0.2, -0.15) is 5.26 Å². The van der Waals surface area contributed by atoms with E-state index in [9.17, 15) is 0 Å². The summed E-state index contributed by atoms with van der Waals surface area (Å²) in [4.78, 5) is 8.27. The van der Waals surface area contributed by atoms with Gasteiger partial charge in [-0.3, -0.25) is 0 Å². The standard InChI is InChI=1S/C11H13N7/c1-3-18-7-14-17-10(18)6-13-11-15-8(2)4-9(5-12)16-11/h4,7H,3,6H2,1-2H3,(H,13,15,16). The van der Waals surface area contributed by atoms with Gasteiger partial charge in [-0.05, 0) is 19.9 Å². The molecule has 2 aromatic rings. The highest BCUT2D eigenvalue weighted by atomic mass is 15.3. The molecule has 7 nitrogen and oxygen atoms in total. The molecule has 0 amide bonds. The maximum Gasteiger partial charge on any atom is 0.224 e. The normalized spacial score (nSPS) is 10.1. The number of nitriles is 1. The lowest BCUT2D eigenvalue weighted by molar-refractivity contribution is 0.706. The van der Waals surface area contributed by atoms with E-state index in [1.165, 1.54) is 0 Å². The Morgan fingerprint density at radius 3 is 3.00 bits per heavy atom. The Morgan fingerprint density at radius 2 is 2.28 bits per heavy atom. The van der Waals surface area contributed by atoms with Gasteiger partial charge in [-0.15, -0.1) is 10.2 Å². The monoisotopic (exact) mass is 243 g/mol. The molecule has 0 unspecified atom stereocenters. The first-order valence-electron chi connectivity index (χ1n) is 5.59. The molecular weight excluding hydrogens is 230 g/mol. The van der Waals surface area contributed by atoms with Crippen molar-refractivity contribution in [3.05, 3.63) is 29.6 Å². The van der Waals surface area contributed by atoms with Crippen LogP contribution in [0.4, 0.5) is 5.95 Å². The highest BCUT2D eigenvalue weighted by Gasteiger charge is 2.05. The lowest BCUT2D eigenvalue weighted by atomic mass is 10.3. The molecule has 2 heterocycles. The van der Waals surface area contributed by atoms with Crippen molar-refractivity contribution in [3.8, 4) is 6.07 Å². The van der Waals surface area contributed by atoms with Crippen molar-refractivity contribution < 1.29 is 0 Å². The number of hydrogen-bond acceptors (Lipinski definition) is 6. The van der Waals surface area contributed by atoms with E-state index in [-0.39, 0.29) is 0 Å². The summed E-state index contributed by atoms with van der Waals surface area (Å²) < 4.78 is 1.92. The highest BCUT2D eigenvalue weighted by molar-refractivity contribution is 5.33. The molecule has 0 saturated carbocycles. The summed E-state index contributed by atoms with van der Waals surface area (Å²) in [6.07, 6.45) is 1.68. The molecule has 1 N–H and O–H groups in total. The van der Waals surface area contributed by atoms with Crippen molar-refractivity contribution in [2.45, 2.75) is 26.9 Å². The fraction of sp³-hybridized carbons (Fsp3) is 0.364. The fourth-order valence-corrected chi connectivity index (χ4v) is 1.54. The van der Waals surface area contributed by atoms with Crippen molar-refractivity contribution in [1.29, 1.82) is 5.26 Å². The summed E-state index contributed by atoms with van der Waals surface area (Å²) >= 11 is 0. The first-order valence-corrected chi connectivity index (χ1v) is 5.59. The van der Waals surface area contributed by atoms with Crippen LogP contribution in [0.1, 0.15) is 24.1 Å². The predicted molar refractivity (Wildman–Crippen MR) is 64.5 cm³/mol. The topological polar surface area (TPSA) is 92.3 Å². The molecule has 7 heteroatoms. The third-order valence-corrected chi connectivity index (χ3v) is 2.41. The second-order valence-electron chi connectivity index (χ2n) is 3.72. The number of rotatable bonds is 4. The van der Waals surface area contributed by atoms with Gasteiger partial charge in [0.05, 0.1) is 6.54 Å². The third-order valence-electron chi connectivity index (χ3n) is 2.41. The smallest absolute Gasteiger partial charge is 0.224 e. The summed E-state index contributed by atoms with van der Waals surface area (Å²) in [6, 6.07) is 3.64. The Morgan fingerprint density at radius 1 is 1.44 bits per heavy atom. The van der Waals surface area contributed by atoms with Crippen LogP contribution < -0.4 is 5.32 Å². The first-order chi connectivity index (χ1) is 8.72. The van der Waals surface area contributed by atoms with E-state index in [2.05, 4.69) is 25.5 Å². The number of aromatic nitrogens is 5. The van der Waals surface area contributed by atoms with Crippen molar-refractivity contribution in [2.24, 2.45) is 0 Å². The largest absolute Gasteiger partial charge is 0.347 e. The Hall–Kier alpha value is -2.49. The maximum absolute atomic E-state index is 8.83. The van der Waals surface area contributed by atoms with Crippen LogP contribution in [0.3, 0.4) is 0 Å². The summed E-state index contributed by atoms with van der Waals surface area (Å²) in [6.45, 7) is 5.12. The van der Waals surface area contributed by atoms with Gasteiger partial charge >= 0.3 is 0 Å². The molecule has 2 rings (SSSR count). The predicted octanol–water partition coefficient (Wildman–Crippen LogP) is 0.880. The van der Waals surface area contributed by atoms with Gasteiger partial charge in [0.25, 0.3) is 0 Å². The lowest BCUT2D eigenvalue weighted by Crippen LogP contribution is -2.10. The van der Waals surface area contributed by atoms with E-state index < -0.39 is 0 Å². The van der Waals surface area contributed by atoms with Crippen molar-refractivity contribution >= 4 is 5.95 Å².